The van der Waals surface area contributed by atoms with Crippen LogP contribution < -0.4 is 0 Å². The number of methoxy groups -OCH3 is 1. The summed E-state index contributed by atoms with van der Waals surface area (Å²) in [4.78, 5) is 21.1. The van der Waals surface area contributed by atoms with E-state index in [4.69, 9.17) is 0 Å². The minimum absolute atomic E-state index is 0.359. The molecule has 0 spiro atoms. The monoisotopic (exact) mass is 207 g/mol. The molecule has 0 atom stereocenters. The van der Waals surface area contributed by atoms with Crippen molar-refractivity contribution in [2.45, 2.75) is 0 Å². The molecule has 1 aromatic heterocycles. The van der Waals surface area contributed by atoms with Crippen LogP contribution in [0.15, 0.2) is 23.3 Å². The minimum atomic E-state index is -0.436. The summed E-state index contributed by atoms with van der Waals surface area (Å²) in [6.45, 7) is 0. The molecule has 0 radical (unpaired) electrons. The van der Waals surface area contributed by atoms with Gasteiger partial charge in [0.05, 0.1) is 13.4 Å². The van der Waals surface area contributed by atoms with Gasteiger partial charge in [-0.2, -0.15) is 0 Å². The Balaban J connectivity index is 3.01. The first-order valence-corrected chi connectivity index (χ1v) is 4.39. The second-order valence-electron chi connectivity index (χ2n) is 3.07. The normalized spacial score (nSPS) is 10.3. The summed E-state index contributed by atoms with van der Waals surface area (Å²) in [6, 6.07) is 3.29. The lowest BCUT2D eigenvalue weighted by Gasteiger charge is -2.04. The molecule has 5 heteroatoms. The van der Waals surface area contributed by atoms with Crippen LogP contribution >= 0.6 is 0 Å². The highest BCUT2D eigenvalue weighted by molar-refractivity contribution is 5.94. The maximum absolute atomic E-state index is 11.3. The third-order valence-corrected chi connectivity index (χ3v) is 1.60. The van der Waals surface area contributed by atoms with Crippen LogP contribution in [0.5, 0.6) is 0 Å². The zero-order valence-electron chi connectivity index (χ0n) is 8.97. The van der Waals surface area contributed by atoms with Crippen molar-refractivity contribution in [2.24, 2.45) is 4.99 Å². The van der Waals surface area contributed by atoms with Gasteiger partial charge in [-0.3, -0.25) is 0 Å². The van der Waals surface area contributed by atoms with Crippen molar-refractivity contribution >= 4 is 18.1 Å². The Bertz CT molecular complexity index is 375. The van der Waals surface area contributed by atoms with E-state index in [-0.39, 0.29) is 0 Å². The Morgan fingerprint density at radius 2 is 2.33 bits per heavy atom. The lowest BCUT2D eigenvalue weighted by atomic mass is 10.2. The SMILES string of the molecule is COC(=O)c1cccnc1/N=C/N(C)C. The number of pyridine rings is 1. The molecule has 1 rings (SSSR count). The summed E-state index contributed by atoms with van der Waals surface area (Å²) in [7, 11) is 5.00. The average Bonchev–Trinajstić information content (AvgIpc) is 2.25. The van der Waals surface area contributed by atoms with Crippen molar-refractivity contribution in [1.82, 2.24) is 9.88 Å². The van der Waals surface area contributed by atoms with Crippen molar-refractivity contribution in [3.63, 3.8) is 0 Å². The Kier molecular flexibility index (Phi) is 3.79. The molecule has 0 aliphatic heterocycles. The van der Waals surface area contributed by atoms with Gasteiger partial charge in [0, 0.05) is 20.3 Å². The first-order chi connectivity index (χ1) is 7.15. The third kappa shape index (κ3) is 3.05. The number of hydrogen-bond acceptors (Lipinski definition) is 4. The van der Waals surface area contributed by atoms with Gasteiger partial charge in [-0.1, -0.05) is 0 Å². The molecule has 0 saturated carbocycles. The molecule has 0 aromatic carbocycles. The fourth-order valence-electron chi connectivity index (χ4n) is 0.939. The molecule has 0 N–H and O–H groups in total. The number of hydrogen-bond donors (Lipinski definition) is 0. The van der Waals surface area contributed by atoms with E-state index in [1.165, 1.54) is 7.11 Å². The predicted molar refractivity (Wildman–Crippen MR) is 57.4 cm³/mol. The lowest BCUT2D eigenvalue weighted by molar-refractivity contribution is 0.0601. The van der Waals surface area contributed by atoms with E-state index >= 15 is 0 Å². The fraction of sp³-hybridized carbons (Fsp3) is 0.300. The smallest absolute Gasteiger partial charge is 0.341 e. The van der Waals surface area contributed by atoms with Crippen LogP contribution in [0.4, 0.5) is 5.82 Å². The fourth-order valence-corrected chi connectivity index (χ4v) is 0.939. The zero-order valence-corrected chi connectivity index (χ0v) is 8.97. The largest absolute Gasteiger partial charge is 0.465 e. The summed E-state index contributed by atoms with van der Waals surface area (Å²) in [5.41, 5.74) is 0.359. The van der Waals surface area contributed by atoms with Gasteiger partial charge in [-0.15, -0.1) is 0 Å². The van der Waals surface area contributed by atoms with Crippen molar-refractivity contribution in [3.8, 4) is 0 Å². The quantitative estimate of drug-likeness (QED) is 0.423. The second kappa shape index (κ2) is 5.09. The number of ether oxygens (including phenoxy) is 1. The van der Waals surface area contributed by atoms with Gasteiger partial charge in [0.2, 0.25) is 0 Å². The Labute approximate surface area is 88.4 Å². The number of carbonyl (C=O) groups excluding carboxylic acids is 1. The first kappa shape index (κ1) is 11.2. The topological polar surface area (TPSA) is 54.8 Å². The van der Waals surface area contributed by atoms with Gasteiger partial charge < -0.3 is 9.64 Å². The number of aliphatic imine (C=N–C) groups is 1. The zero-order chi connectivity index (χ0) is 11.3. The summed E-state index contributed by atoms with van der Waals surface area (Å²) < 4.78 is 4.62. The molecule has 80 valence electrons. The van der Waals surface area contributed by atoms with Gasteiger partial charge in [-0.25, -0.2) is 14.8 Å². The van der Waals surface area contributed by atoms with Crippen LogP contribution in [0.25, 0.3) is 0 Å². The molecule has 0 aliphatic rings. The minimum Gasteiger partial charge on any atom is -0.465 e. The number of carbonyl (C=O) groups is 1. The van der Waals surface area contributed by atoms with Crippen molar-refractivity contribution in [1.29, 1.82) is 0 Å². The Hall–Kier alpha value is -1.91. The van der Waals surface area contributed by atoms with E-state index in [2.05, 4.69) is 14.7 Å². The summed E-state index contributed by atoms with van der Waals surface area (Å²) in [5, 5.41) is 0. The molecule has 1 aromatic rings. The highest BCUT2D eigenvalue weighted by atomic mass is 16.5. The molecular formula is C10H13N3O2. The van der Waals surface area contributed by atoms with Crippen molar-refractivity contribution in [3.05, 3.63) is 23.9 Å². The van der Waals surface area contributed by atoms with E-state index in [0.717, 1.165) is 0 Å². The summed E-state index contributed by atoms with van der Waals surface area (Å²) >= 11 is 0. The lowest BCUT2D eigenvalue weighted by Crippen LogP contribution is -2.08. The molecular weight excluding hydrogens is 194 g/mol. The molecule has 0 amide bonds. The number of nitrogens with zero attached hydrogens (tertiary/aromatic N) is 3. The number of rotatable bonds is 3. The van der Waals surface area contributed by atoms with Gasteiger partial charge in [0.25, 0.3) is 0 Å². The van der Waals surface area contributed by atoms with Crippen LogP contribution in [0, 0.1) is 0 Å². The predicted octanol–water partition coefficient (Wildman–Crippen LogP) is 1.09. The maximum atomic E-state index is 11.3. The van der Waals surface area contributed by atoms with Gasteiger partial charge in [0.1, 0.15) is 5.56 Å². The average molecular weight is 207 g/mol. The molecule has 0 fully saturated rings. The van der Waals surface area contributed by atoms with Gasteiger partial charge in [0.15, 0.2) is 5.82 Å². The standard InChI is InChI=1S/C10H13N3O2/c1-13(2)7-12-9-8(10(14)15-3)5-4-6-11-9/h4-7H,1-3H3/b12-7+. The van der Waals surface area contributed by atoms with Crippen molar-refractivity contribution in [2.75, 3.05) is 21.2 Å². The molecule has 1 heterocycles. The highest BCUT2D eigenvalue weighted by Gasteiger charge is 2.10. The number of aromatic nitrogens is 1. The van der Waals surface area contributed by atoms with E-state index in [0.29, 0.717) is 11.4 Å². The van der Waals surface area contributed by atoms with Crippen LogP contribution in [0.3, 0.4) is 0 Å². The Morgan fingerprint density at radius 1 is 1.60 bits per heavy atom. The molecule has 5 nitrogen and oxygen atoms in total. The highest BCUT2D eigenvalue weighted by Crippen LogP contribution is 2.15. The summed E-state index contributed by atoms with van der Waals surface area (Å²) in [6.07, 6.45) is 3.16. The van der Waals surface area contributed by atoms with Crippen LogP contribution in [0.1, 0.15) is 10.4 Å². The molecule has 15 heavy (non-hydrogen) atoms. The third-order valence-electron chi connectivity index (χ3n) is 1.60. The summed E-state index contributed by atoms with van der Waals surface area (Å²) in [5.74, 6) is -0.0768. The van der Waals surface area contributed by atoms with Gasteiger partial charge >= 0.3 is 5.97 Å². The van der Waals surface area contributed by atoms with E-state index in [1.807, 2.05) is 14.1 Å². The van der Waals surface area contributed by atoms with Crippen LogP contribution in [0.2, 0.25) is 0 Å². The molecule has 0 aliphatic carbocycles. The maximum Gasteiger partial charge on any atom is 0.341 e. The molecule has 0 bridgehead atoms. The van der Waals surface area contributed by atoms with E-state index in [1.54, 1.807) is 29.6 Å². The molecule has 0 saturated heterocycles. The second-order valence-corrected chi connectivity index (χ2v) is 3.07. The Morgan fingerprint density at radius 3 is 2.93 bits per heavy atom. The number of esters is 1. The molecule has 0 unspecified atom stereocenters. The van der Waals surface area contributed by atoms with E-state index < -0.39 is 5.97 Å². The first-order valence-electron chi connectivity index (χ1n) is 4.39. The van der Waals surface area contributed by atoms with Gasteiger partial charge in [-0.05, 0) is 12.1 Å². The van der Waals surface area contributed by atoms with Crippen molar-refractivity contribution < 1.29 is 9.53 Å². The van der Waals surface area contributed by atoms with E-state index in [9.17, 15) is 4.79 Å². The van der Waals surface area contributed by atoms with Crippen LogP contribution in [-0.4, -0.2) is 43.4 Å². The van der Waals surface area contributed by atoms with Crippen LogP contribution in [-0.2, 0) is 4.74 Å².